The molecule has 2 rings (SSSR count). The van der Waals surface area contributed by atoms with Gasteiger partial charge in [0.25, 0.3) is 0 Å². The molecule has 0 bridgehead atoms. The van der Waals surface area contributed by atoms with Crippen LogP contribution in [-0.2, 0) is 14.3 Å². The normalized spacial score (nSPS) is 19.5. The molecule has 1 saturated heterocycles. The third-order valence-electron chi connectivity index (χ3n) is 3.49. The average molecular weight is 277 g/mol. The molecule has 5 nitrogen and oxygen atoms in total. The van der Waals surface area contributed by atoms with E-state index in [1.165, 1.54) is 0 Å². The SMILES string of the molecule is O=C(CCC1CCOC1)N[C@H](C(=O)O)c1ccccc1. The summed E-state index contributed by atoms with van der Waals surface area (Å²) in [6.45, 7) is 1.46. The summed E-state index contributed by atoms with van der Waals surface area (Å²) >= 11 is 0. The summed E-state index contributed by atoms with van der Waals surface area (Å²) in [6.07, 6.45) is 2.06. The summed E-state index contributed by atoms with van der Waals surface area (Å²) < 4.78 is 5.25. The molecule has 0 aromatic heterocycles. The van der Waals surface area contributed by atoms with Gasteiger partial charge in [0.2, 0.25) is 5.91 Å². The molecule has 1 unspecified atom stereocenters. The number of rotatable bonds is 6. The Kier molecular flexibility index (Phi) is 5.12. The van der Waals surface area contributed by atoms with Crippen LogP contribution in [0.25, 0.3) is 0 Å². The number of nitrogens with one attached hydrogen (secondary N) is 1. The summed E-state index contributed by atoms with van der Waals surface area (Å²) in [4.78, 5) is 23.1. The highest BCUT2D eigenvalue weighted by Crippen LogP contribution is 2.18. The van der Waals surface area contributed by atoms with E-state index in [1.807, 2.05) is 6.07 Å². The molecule has 108 valence electrons. The Morgan fingerprint density at radius 1 is 1.35 bits per heavy atom. The fourth-order valence-electron chi connectivity index (χ4n) is 2.31. The first-order valence-electron chi connectivity index (χ1n) is 6.81. The summed E-state index contributed by atoms with van der Waals surface area (Å²) in [5.41, 5.74) is 0.581. The molecular weight excluding hydrogens is 258 g/mol. The van der Waals surface area contributed by atoms with Crippen molar-refractivity contribution in [1.29, 1.82) is 0 Å². The molecule has 20 heavy (non-hydrogen) atoms. The van der Waals surface area contributed by atoms with Crippen molar-refractivity contribution in [1.82, 2.24) is 5.32 Å². The number of carbonyl (C=O) groups is 2. The van der Waals surface area contributed by atoms with E-state index < -0.39 is 12.0 Å². The highest BCUT2D eigenvalue weighted by Gasteiger charge is 2.23. The molecule has 0 spiro atoms. The number of carboxylic acids is 1. The predicted octanol–water partition coefficient (Wildman–Crippen LogP) is 1.75. The summed E-state index contributed by atoms with van der Waals surface area (Å²) in [7, 11) is 0. The maximum Gasteiger partial charge on any atom is 0.330 e. The minimum atomic E-state index is -1.05. The van der Waals surface area contributed by atoms with Gasteiger partial charge >= 0.3 is 5.97 Å². The van der Waals surface area contributed by atoms with Crippen LogP contribution in [0.15, 0.2) is 30.3 Å². The number of carbonyl (C=O) groups excluding carboxylic acids is 1. The quantitative estimate of drug-likeness (QED) is 0.830. The molecule has 1 aliphatic rings. The van der Waals surface area contributed by atoms with E-state index in [4.69, 9.17) is 4.74 Å². The van der Waals surface area contributed by atoms with Crippen LogP contribution in [0.4, 0.5) is 0 Å². The number of hydrogen-bond acceptors (Lipinski definition) is 3. The van der Waals surface area contributed by atoms with Gasteiger partial charge in [0.05, 0.1) is 0 Å². The van der Waals surface area contributed by atoms with E-state index in [2.05, 4.69) is 5.32 Å². The highest BCUT2D eigenvalue weighted by atomic mass is 16.5. The zero-order valence-corrected chi connectivity index (χ0v) is 11.2. The first-order chi connectivity index (χ1) is 9.66. The first-order valence-corrected chi connectivity index (χ1v) is 6.81. The maximum absolute atomic E-state index is 11.9. The monoisotopic (exact) mass is 277 g/mol. The van der Waals surface area contributed by atoms with E-state index in [-0.39, 0.29) is 5.91 Å². The van der Waals surface area contributed by atoms with Gasteiger partial charge < -0.3 is 15.2 Å². The Morgan fingerprint density at radius 2 is 2.10 bits per heavy atom. The van der Waals surface area contributed by atoms with Crippen molar-refractivity contribution in [2.45, 2.75) is 25.3 Å². The third kappa shape index (κ3) is 4.06. The van der Waals surface area contributed by atoms with Gasteiger partial charge in [-0.15, -0.1) is 0 Å². The topological polar surface area (TPSA) is 75.6 Å². The molecule has 1 heterocycles. The second-order valence-corrected chi connectivity index (χ2v) is 5.02. The summed E-state index contributed by atoms with van der Waals surface area (Å²) in [5, 5.41) is 11.8. The van der Waals surface area contributed by atoms with E-state index in [0.29, 0.717) is 24.5 Å². The van der Waals surface area contributed by atoms with Crippen LogP contribution in [0.5, 0.6) is 0 Å². The zero-order valence-electron chi connectivity index (χ0n) is 11.2. The minimum Gasteiger partial charge on any atom is -0.479 e. The van der Waals surface area contributed by atoms with Gasteiger partial charge in [0.15, 0.2) is 6.04 Å². The number of benzene rings is 1. The van der Waals surface area contributed by atoms with Crippen molar-refractivity contribution in [2.24, 2.45) is 5.92 Å². The molecule has 2 N–H and O–H groups in total. The van der Waals surface area contributed by atoms with Gasteiger partial charge in [0, 0.05) is 19.6 Å². The van der Waals surface area contributed by atoms with Gasteiger partial charge in [0.1, 0.15) is 0 Å². The molecule has 1 amide bonds. The summed E-state index contributed by atoms with van der Waals surface area (Å²) in [6, 6.07) is 7.74. The minimum absolute atomic E-state index is 0.229. The van der Waals surface area contributed by atoms with E-state index >= 15 is 0 Å². The van der Waals surface area contributed by atoms with Gasteiger partial charge in [-0.3, -0.25) is 4.79 Å². The molecule has 2 atom stereocenters. The van der Waals surface area contributed by atoms with Gasteiger partial charge in [-0.1, -0.05) is 30.3 Å². The average Bonchev–Trinajstić information content (AvgIpc) is 2.96. The lowest BCUT2D eigenvalue weighted by atomic mass is 10.0. The van der Waals surface area contributed by atoms with Crippen LogP contribution in [0.2, 0.25) is 0 Å². The van der Waals surface area contributed by atoms with Crippen LogP contribution < -0.4 is 5.32 Å². The number of aliphatic carboxylic acids is 1. The molecule has 1 aliphatic heterocycles. The third-order valence-corrected chi connectivity index (χ3v) is 3.49. The van der Waals surface area contributed by atoms with Gasteiger partial charge in [-0.25, -0.2) is 4.79 Å². The van der Waals surface area contributed by atoms with Crippen molar-refractivity contribution in [3.8, 4) is 0 Å². The second-order valence-electron chi connectivity index (χ2n) is 5.02. The Balaban J connectivity index is 1.87. The molecule has 1 fully saturated rings. The highest BCUT2D eigenvalue weighted by molar-refractivity contribution is 5.84. The molecule has 0 aliphatic carbocycles. The smallest absolute Gasteiger partial charge is 0.330 e. The number of carboxylic acid groups (broad SMARTS) is 1. The zero-order chi connectivity index (χ0) is 14.4. The van der Waals surface area contributed by atoms with Crippen LogP contribution >= 0.6 is 0 Å². The number of hydrogen-bond donors (Lipinski definition) is 2. The van der Waals surface area contributed by atoms with Crippen molar-refractivity contribution < 1.29 is 19.4 Å². The van der Waals surface area contributed by atoms with Gasteiger partial charge in [-0.2, -0.15) is 0 Å². The Bertz CT molecular complexity index is 454. The van der Waals surface area contributed by atoms with Gasteiger partial charge in [-0.05, 0) is 24.3 Å². The van der Waals surface area contributed by atoms with Crippen molar-refractivity contribution >= 4 is 11.9 Å². The largest absolute Gasteiger partial charge is 0.479 e. The van der Waals surface area contributed by atoms with E-state index in [0.717, 1.165) is 19.4 Å². The molecule has 1 aromatic carbocycles. The lowest BCUT2D eigenvalue weighted by molar-refractivity contribution is -0.142. The molecule has 1 aromatic rings. The molecule has 5 heteroatoms. The predicted molar refractivity (Wildman–Crippen MR) is 73.1 cm³/mol. The summed E-state index contributed by atoms with van der Waals surface area (Å²) in [5.74, 6) is -0.859. The fourth-order valence-corrected chi connectivity index (χ4v) is 2.31. The van der Waals surface area contributed by atoms with E-state index in [1.54, 1.807) is 24.3 Å². The number of ether oxygens (including phenoxy) is 1. The van der Waals surface area contributed by atoms with Crippen LogP contribution in [-0.4, -0.2) is 30.2 Å². The standard InChI is InChI=1S/C15H19NO4/c17-13(7-6-11-8-9-20-10-11)16-14(15(18)19)12-4-2-1-3-5-12/h1-5,11,14H,6-10H2,(H,16,17)(H,18,19)/t11?,14-/m0/s1. The fraction of sp³-hybridized carbons (Fsp3) is 0.467. The Hall–Kier alpha value is -1.88. The maximum atomic E-state index is 11.9. The lowest BCUT2D eigenvalue weighted by Gasteiger charge is -2.15. The molecule has 0 saturated carbocycles. The second kappa shape index (κ2) is 7.05. The number of amides is 1. The Labute approximate surface area is 117 Å². The Morgan fingerprint density at radius 3 is 2.70 bits per heavy atom. The first kappa shape index (κ1) is 14.5. The molecular formula is C15H19NO4. The van der Waals surface area contributed by atoms with E-state index in [9.17, 15) is 14.7 Å². The lowest BCUT2D eigenvalue weighted by Crippen LogP contribution is -2.33. The van der Waals surface area contributed by atoms with Crippen molar-refractivity contribution in [3.63, 3.8) is 0 Å². The van der Waals surface area contributed by atoms with Crippen molar-refractivity contribution in [2.75, 3.05) is 13.2 Å². The van der Waals surface area contributed by atoms with Crippen LogP contribution in [0.3, 0.4) is 0 Å². The van der Waals surface area contributed by atoms with Crippen molar-refractivity contribution in [3.05, 3.63) is 35.9 Å². The van der Waals surface area contributed by atoms with Crippen LogP contribution in [0, 0.1) is 5.92 Å². The van der Waals surface area contributed by atoms with Crippen LogP contribution in [0.1, 0.15) is 30.9 Å². The molecule has 0 radical (unpaired) electrons.